The van der Waals surface area contributed by atoms with E-state index >= 15 is 0 Å². The molecule has 0 radical (unpaired) electrons. The predicted molar refractivity (Wildman–Crippen MR) is 184 cm³/mol. The Morgan fingerprint density at radius 1 is 1.04 bits per heavy atom. The van der Waals surface area contributed by atoms with Crippen LogP contribution in [0.4, 0.5) is 5.69 Å². The lowest BCUT2D eigenvalue weighted by Crippen LogP contribution is -2.21. The maximum atomic E-state index is 13.9. The number of aryl methyl sites for hydroxylation is 1. The fourth-order valence-corrected chi connectivity index (χ4v) is 5.33. The van der Waals surface area contributed by atoms with Gasteiger partial charge in [-0.1, -0.05) is 53.5 Å². The van der Waals surface area contributed by atoms with Gasteiger partial charge >= 0.3 is 0 Å². The summed E-state index contributed by atoms with van der Waals surface area (Å²) in [5.74, 6) is 1.46. The average molecular weight is 688 g/mol. The van der Waals surface area contributed by atoms with Gasteiger partial charge in [-0.15, -0.1) is 0 Å². The highest BCUT2D eigenvalue weighted by Crippen LogP contribution is 2.34. The molecule has 1 N–H and O–H groups in total. The molecular formula is C35H32BrClN4O4. The number of nitrogens with one attached hydrogen (secondary N) is 1. The molecule has 0 spiro atoms. The van der Waals surface area contributed by atoms with E-state index in [0.717, 1.165) is 26.9 Å². The van der Waals surface area contributed by atoms with Crippen molar-refractivity contribution in [1.29, 1.82) is 0 Å². The summed E-state index contributed by atoms with van der Waals surface area (Å²) in [5, 5.41) is 8.45. The summed E-state index contributed by atoms with van der Waals surface area (Å²) in [6, 6.07) is 23.3. The minimum atomic E-state index is -0.340. The number of anilines is 1. The number of nitrogens with zero attached hydrogens (tertiary/aromatic N) is 3. The van der Waals surface area contributed by atoms with Gasteiger partial charge in [-0.3, -0.25) is 9.59 Å². The Kier molecular flexibility index (Phi) is 10.0. The molecule has 45 heavy (non-hydrogen) atoms. The molecule has 0 aliphatic heterocycles. The number of rotatable bonds is 10. The summed E-state index contributed by atoms with van der Waals surface area (Å²) in [6.45, 7) is 8.42. The highest BCUT2D eigenvalue weighted by atomic mass is 79.9. The second kappa shape index (κ2) is 14.1. The molecule has 10 heteroatoms. The van der Waals surface area contributed by atoms with Crippen molar-refractivity contribution < 1.29 is 14.3 Å². The van der Waals surface area contributed by atoms with E-state index < -0.39 is 0 Å². The van der Waals surface area contributed by atoms with Gasteiger partial charge in [0.2, 0.25) is 0 Å². The second-order valence-corrected chi connectivity index (χ2v) is 12.0. The van der Waals surface area contributed by atoms with Crippen LogP contribution in [0.3, 0.4) is 0 Å². The van der Waals surface area contributed by atoms with Crippen molar-refractivity contribution >= 4 is 56.2 Å². The van der Waals surface area contributed by atoms with Crippen molar-refractivity contribution in [2.24, 2.45) is 5.10 Å². The number of fused-ring (bicyclic) bond motifs is 1. The van der Waals surface area contributed by atoms with Crippen LogP contribution in [-0.2, 0) is 4.79 Å². The number of hydrogen-bond donors (Lipinski definition) is 1. The van der Waals surface area contributed by atoms with E-state index in [4.69, 9.17) is 26.1 Å². The molecule has 0 fully saturated rings. The van der Waals surface area contributed by atoms with Gasteiger partial charge in [-0.05, 0) is 97.6 Å². The molecular weight excluding hydrogens is 656 g/mol. The summed E-state index contributed by atoms with van der Waals surface area (Å²) in [4.78, 5) is 31.4. The van der Waals surface area contributed by atoms with Crippen LogP contribution >= 0.6 is 27.5 Å². The third-order valence-corrected chi connectivity index (χ3v) is 7.79. The summed E-state index contributed by atoms with van der Waals surface area (Å²) >= 11 is 9.44. The first kappa shape index (κ1) is 31.9. The maximum Gasteiger partial charge on any atom is 0.282 e. The van der Waals surface area contributed by atoms with Crippen LogP contribution in [0.5, 0.6) is 11.5 Å². The van der Waals surface area contributed by atoms with E-state index in [0.29, 0.717) is 45.4 Å². The van der Waals surface area contributed by atoms with Crippen LogP contribution in [0.25, 0.3) is 22.3 Å². The van der Waals surface area contributed by atoms with E-state index in [9.17, 15) is 9.59 Å². The molecule has 230 valence electrons. The van der Waals surface area contributed by atoms with Crippen LogP contribution in [0.1, 0.15) is 43.4 Å². The Morgan fingerprint density at radius 3 is 2.53 bits per heavy atom. The molecule has 0 aliphatic rings. The Hall–Kier alpha value is -4.47. The molecule has 0 saturated heterocycles. The molecule has 8 nitrogen and oxygen atoms in total. The lowest BCUT2D eigenvalue weighted by Gasteiger charge is -2.18. The van der Waals surface area contributed by atoms with Crippen LogP contribution < -0.4 is 20.3 Å². The normalized spacial score (nSPS) is 11.4. The van der Waals surface area contributed by atoms with E-state index in [1.54, 1.807) is 54.6 Å². The van der Waals surface area contributed by atoms with Crippen molar-refractivity contribution in [2.45, 2.75) is 33.6 Å². The van der Waals surface area contributed by atoms with Gasteiger partial charge in [0.05, 0.1) is 23.7 Å². The van der Waals surface area contributed by atoms with Gasteiger partial charge < -0.3 is 14.8 Å². The quantitative estimate of drug-likeness (QED) is 0.149. The molecule has 4 aromatic carbocycles. The zero-order valence-corrected chi connectivity index (χ0v) is 27.6. The first-order valence-corrected chi connectivity index (χ1v) is 15.6. The summed E-state index contributed by atoms with van der Waals surface area (Å²) in [7, 11) is 0. The van der Waals surface area contributed by atoms with Crippen LogP contribution in [0.2, 0.25) is 5.02 Å². The maximum absolute atomic E-state index is 13.9. The topological polar surface area (TPSA) is 94.8 Å². The second-order valence-electron chi connectivity index (χ2n) is 10.6. The molecule has 1 aromatic heterocycles. The van der Waals surface area contributed by atoms with Crippen molar-refractivity contribution in [3.8, 4) is 22.9 Å². The Labute approximate surface area is 274 Å². The third kappa shape index (κ3) is 7.44. The van der Waals surface area contributed by atoms with Gasteiger partial charge in [-0.2, -0.15) is 9.78 Å². The largest absolute Gasteiger partial charge is 0.494 e. The fraction of sp³-hybridized carbons (Fsp3) is 0.200. The Morgan fingerprint density at radius 2 is 1.80 bits per heavy atom. The highest BCUT2D eigenvalue weighted by molar-refractivity contribution is 9.10. The van der Waals surface area contributed by atoms with E-state index in [1.807, 2.05) is 38.1 Å². The summed E-state index contributed by atoms with van der Waals surface area (Å²) < 4.78 is 13.9. The standard InChI is InChI=1S/C35H32BrClN4O4/c1-5-44-32-16-22(4)29(18-28(32)21(2)3)34-40-30-9-7-6-8-27(30)35(43)41(34)38-19-23-17-24(36)10-15-31(23)45-20-33(42)39-26-13-11-25(37)12-14-26/h6-19,21H,5,20H2,1-4H3,(H,39,42). The Balaban J connectivity index is 1.54. The summed E-state index contributed by atoms with van der Waals surface area (Å²) in [5.41, 5.74) is 4.09. The number of ether oxygens (including phenoxy) is 2. The van der Waals surface area contributed by atoms with E-state index in [1.165, 1.54) is 10.9 Å². The lowest BCUT2D eigenvalue weighted by molar-refractivity contribution is -0.118. The number of aromatic nitrogens is 2. The molecule has 1 heterocycles. The van der Waals surface area contributed by atoms with Gasteiger partial charge in [0.15, 0.2) is 12.4 Å². The highest BCUT2D eigenvalue weighted by Gasteiger charge is 2.19. The first-order valence-electron chi connectivity index (χ1n) is 14.5. The number of amides is 1. The van der Waals surface area contributed by atoms with Crippen molar-refractivity contribution in [2.75, 3.05) is 18.5 Å². The number of carbonyl (C=O) groups excluding carboxylic acids is 1. The zero-order valence-electron chi connectivity index (χ0n) is 25.3. The molecule has 1 amide bonds. The van der Waals surface area contributed by atoms with E-state index in [2.05, 4.69) is 40.2 Å². The van der Waals surface area contributed by atoms with Gasteiger partial charge in [0.25, 0.3) is 11.5 Å². The molecule has 0 saturated carbocycles. The number of carbonyl (C=O) groups is 1. The predicted octanol–water partition coefficient (Wildman–Crippen LogP) is 8.21. The number of hydrogen-bond acceptors (Lipinski definition) is 6. The molecule has 5 aromatic rings. The first-order chi connectivity index (χ1) is 21.6. The molecule has 0 aliphatic carbocycles. The van der Waals surface area contributed by atoms with Crippen molar-refractivity contribution in [3.05, 3.63) is 115 Å². The SMILES string of the molecule is CCOc1cc(C)c(-c2nc3ccccc3c(=O)n2N=Cc2cc(Br)ccc2OCC(=O)Nc2ccc(Cl)cc2)cc1C(C)C. The van der Waals surface area contributed by atoms with Gasteiger partial charge in [0.1, 0.15) is 11.5 Å². The zero-order chi connectivity index (χ0) is 32.1. The van der Waals surface area contributed by atoms with Gasteiger partial charge in [0, 0.05) is 26.3 Å². The van der Waals surface area contributed by atoms with Crippen LogP contribution in [0, 0.1) is 6.92 Å². The fourth-order valence-electron chi connectivity index (χ4n) is 4.82. The lowest BCUT2D eigenvalue weighted by atomic mass is 9.96. The van der Waals surface area contributed by atoms with Crippen molar-refractivity contribution in [3.63, 3.8) is 0 Å². The molecule has 0 atom stereocenters. The third-order valence-electron chi connectivity index (χ3n) is 7.04. The Bertz CT molecular complexity index is 1960. The summed E-state index contributed by atoms with van der Waals surface area (Å²) in [6.07, 6.45) is 1.53. The average Bonchev–Trinajstić information content (AvgIpc) is 3.01. The molecule has 0 bridgehead atoms. The minimum Gasteiger partial charge on any atom is -0.494 e. The van der Waals surface area contributed by atoms with Crippen LogP contribution in [-0.4, -0.2) is 35.0 Å². The number of halogens is 2. The number of benzene rings is 4. The smallest absolute Gasteiger partial charge is 0.282 e. The monoisotopic (exact) mass is 686 g/mol. The van der Waals surface area contributed by atoms with Crippen LogP contribution in [0.15, 0.2) is 93.2 Å². The number of para-hydroxylation sites is 1. The van der Waals surface area contributed by atoms with Crippen molar-refractivity contribution in [1.82, 2.24) is 9.66 Å². The minimum absolute atomic E-state index is 0.174. The molecule has 0 unspecified atom stereocenters. The molecule has 5 rings (SSSR count). The van der Waals surface area contributed by atoms with E-state index in [-0.39, 0.29) is 24.0 Å². The van der Waals surface area contributed by atoms with Gasteiger partial charge in [-0.25, -0.2) is 4.98 Å².